The lowest BCUT2D eigenvalue weighted by molar-refractivity contribution is 0.313. The van der Waals surface area contributed by atoms with Crippen LogP contribution in [0.25, 0.3) is 5.57 Å². The van der Waals surface area contributed by atoms with Crippen LogP contribution in [0.2, 0.25) is 0 Å². The van der Waals surface area contributed by atoms with Gasteiger partial charge in [0, 0.05) is 24.7 Å². The summed E-state index contributed by atoms with van der Waals surface area (Å²) in [7, 11) is 2.05. The molecule has 0 radical (unpaired) electrons. The molecular weight excluding hydrogens is 285 g/mol. The molecule has 3 rings (SSSR count). The van der Waals surface area contributed by atoms with E-state index in [1.165, 1.54) is 12.1 Å². The molecule has 106 valence electrons. The molecule has 1 unspecified atom stereocenters. The molecule has 0 N–H and O–H groups in total. The molecule has 0 saturated carbocycles. The summed E-state index contributed by atoms with van der Waals surface area (Å²) in [6, 6.07) is 8.43. The maximum absolute atomic E-state index is 13.2. The Morgan fingerprint density at radius 3 is 2.76 bits per heavy atom. The zero-order valence-corrected chi connectivity index (χ0v) is 12.5. The molecule has 0 bridgehead atoms. The van der Waals surface area contributed by atoms with Gasteiger partial charge in [-0.3, -0.25) is 0 Å². The van der Waals surface area contributed by atoms with Crippen LogP contribution in [0, 0.1) is 23.1 Å². The van der Waals surface area contributed by atoms with Crippen molar-refractivity contribution in [3.8, 4) is 6.07 Å². The molecule has 3 nitrogen and oxygen atoms in total. The minimum absolute atomic E-state index is 0.0653. The van der Waals surface area contributed by atoms with E-state index < -0.39 is 0 Å². The number of nitrogens with zero attached hydrogens (tertiary/aromatic N) is 3. The van der Waals surface area contributed by atoms with Gasteiger partial charge in [-0.05, 0) is 36.7 Å². The summed E-state index contributed by atoms with van der Waals surface area (Å²) in [5.74, 6) is -0.221. The van der Waals surface area contributed by atoms with Crippen molar-refractivity contribution in [2.45, 2.75) is 6.42 Å². The average Bonchev–Trinajstić information content (AvgIpc) is 2.47. The van der Waals surface area contributed by atoms with Gasteiger partial charge in [0.25, 0.3) is 0 Å². The van der Waals surface area contributed by atoms with E-state index in [4.69, 9.17) is 12.2 Å². The van der Waals surface area contributed by atoms with E-state index in [0.717, 1.165) is 36.4 Å². The Balaban J connectivity index is 2.13. The van der Waals surface area contributed by atoms with Crippen molar-refractivity contribution in [3.63, 3.8) is 0 Å². The summed E-state index contributed by atoms with van der Waals surface area (Å²) in [5, 5.41) is 9.45. The Morgan fingerprint density at radius 1 is 1.38 bits per heavy atom. The van der Waals surface area contributed by atoms with Gasteiger partial charge in [0.15, 0.2) is 0 Å². The highest BCUT2D eigenvalue weighted by Gasteiger charge is 2.34. The number of hydrogen-bond acceptors (Lipinski definition) is 3. The largest absolute Gasteiger partial charge is 0.305 e. The summed E-state index contributed by atoms with van der Waals surface area (Å²) in [4.78, 5) is 7.02. The second-order valence-corrected chi connectivity index (χ2v) is 5.77. The minimum atomic E-state index is -0.286. The van der Waals surface area contributed by atoms with Crippen LogP contribution < -0.4 is 0 Å². The Hall–Kier alpha value is -1.90. The lowest BCUT2D eigenvalue weighted by Crippen LogP contribution is -2.41. The molecule has 1 atom stereocenters. The summed E-state index contributed by atoms with van der Waals surface area (Å²) in [5.41, 5.74) is 3.22. The zero-order chi connectivity index (χ0) is 15.0. The third-order valence-electron chi connectivity index (χ3n) is 3.99. The van der Waals surface area contributed by atoms with Gasteiger partial charge in [-0.25, -0.2) is 9.38 Å². The summed E-state index contributed by atoms with van der Waals surface area (Å²) < 4.78 is 13.2. The Morgan fingerprint density at radius 2 is 2.10 bits per heavy atom. The van der Waals surface area contributed by atoms with Gasteiger partial charge < -0.3 is 4.90 Å². The molecule has 0 aromatic heterocycles. The number of nitriles is 1. The SMILES string of the molecule is CN1CCC2=NC(=S)C(C#N)=C(c3ccc(F)cc3)C2C1. The number of likely N-dealkylation sites (tertiary alicyclic amines) is 1. The second kappa shape index (κ2) is 5.47. The van der Waals surface area contributed by atoms with Crippen LogP contribution in [0.4, 0.5) is 4.39 Å². The first-order valence-corrected chi connectivity index (χ1v) is 7.21. The van der Waals surface area contributed by atoms with E-state index in [1.54, 1.807) is 12.1 Å². The van der Waals surface area contributed by atoms with E-state index >= 15 is 0 Å². The lowest BCUT2D eigenvalue weighted by atomic mass is 9.80. The van der Waals surface area contributed by atoms with Crippen LogP contribution in [0.1, 0.15) is 12.0 Å². The fourth-order valence-corrected chi connectivity index (χ4v) is 3.21. The molecule has 2 heterocycles. The van der Waals surface area contributed by atoms with E-state index in [9.17, 15) is 9.65 Å². The standard InChI is InChI=1S/C16H14FN3S/c1-20-7-6-14-13(9-20)15(12(8-18)16(21)19-14)10-2-4-11(17)5-3-10/h2-5,13H,6-7,9H2,1H3. The Bertz CT molecular complexity index is 697. The van der Waals surface area contributed by atoms with Crippen LogP contribution in [-0.4, -0.2) is 35.7 Å². The molecule has 2 aliphatic heterocycles. The van der Waals surface area contributed by atoms with Gasteiger partial charge in [-0.1, -0.05) is 24.4 Å². The molecule has 1 fully saturated rings. The highest BCUT2D eigenvalue weighted by molar-refractivity contribution is 7.80. The van der Waals surface area contributed by atoms with Crippen LogP contribution in [-0.2, 0) is 0 Å². The van der Waals surface area contributed by atoms with Crippen LogP contribution in [0.5, 0.6) is 0 Å². The molecular formula is C16H14FN3S. The molecule has 1 aromatic rings. The first kappa shape index (κ1) is 14.1. The molecule has 5 heteroatoms. The molecule has 0 aliphatic carbocycles. The number of halogens is 1. The van der Waals surface area contributed by atoms with Crippen molar-refractivity contribution in [1.82, 2.24) is 4.90 Å². The Labute approximate surface area is 128 Å². The number of piperidine rings is 1. The summed E-state index contributed by atoms with van der Waals surface area (Å²) in [6.07, 6.45) is 0.852. The van der Waals surface area contributed by atoms with Crippen molar-refractivity contribution in [2.75, 3.05) is 20.1 Å². The minimum Gasteiger partial charge on any atom is -0.305 e. The predicted molar refractivity (Wildman–Crippen MR) is 84.6 cm³/mol. The van der Waals surface area contributed by atoms with E-state index in [-0.39, 0.29) is 11.7 Å². The van der Waals surface area contributed by atoms with Gasteiger partial charge in [-0.2, -0.15) is 5.26 Å². The Kier molecular flexibility index (Phi) is 3.66. The maximum Gasteiger partial charge on any atom is 0.144 e. The first-order valence-electron chi connectivity index (χ1n) is 6.80. The maximum atomic E-state index is 13.2. The zero-order valence-electron chi connectivity index (χ0n) is 11.6. The summed E-state index contributed by atoms with van der Waals surface area (Å²) >= 11 is 5.27. The number of thiocarbonyl (C=S) groups is 1. The fraction of sp³-hybridized carbons (Fsp3) is 0.312. The predicted octanol–water partition coefficient (Wildman–Crippen LogP) is 2.84. The topological polar surface area (TPSA) is 39.4 Å². The van der Waals surface area contributed by atoms with Gasteiger partial charge in [0.2, 0.25) is 0 Å². The summed E-state index contributed by atoms with van der Waals surface area (Å²) in [6.45, 7) is 1.75. The normalized spacial score (nSPS) is 22.6. The molecule has 2 aliphatic rings. The smallest absolute Gasteiger partial charge is 0.144 e. The van der Waals surface area contributed by atoms with Crippen LogP contribution in [0.3, 0.4) is 0 Å². The van der Waals surface area contributed by atoms with E-state index in [1.807, 2.05) is 0 Å². The van der Waals surface area contributed by atoms with E-state index in [2.05, 4.69) is 23.0 Å². The van der Waals surface area contributed by atoms with Crippen molar-refractivity contribution >= 4 is 28.5 Å². The number of benzene rings is 1. The van der Waals surface area contributed by atoms with Crippen molar-refractivity contribution < 1.29 is 4.39 Å². The van der Waals surface area contributed by atoms with Crippen molar-refractivity contribution in [1.29, 1.82) is 5.26 Å². The van der Waals surface area contributed by atoms with Gasteiger partial charge >= 0.3 is 0 Å². The average molecular weight is 299 g/mol. The van der Waals surface area contributed by atoms with Crippen molar-refractivity contribution in [3.05, 3.63) is 41.2 Å². The molecule has 1 aromatic carbocycles. The number of fused-ring (bicyclic) bond motifs is 1. The van der Waals surface area contributed by atoms with Gasteiger partial charge in [0.1, 0.15) is 16.9 Å². The number of hydrogen-bond donors (Lipinski definition) is 0. The highest BCUT2D eigenvalue weighted by atomic mass is 32.1. The number of rotatable bonds is 1. The van der Waals surface area contributed by atoms with Crippen LogP contribution in [0.15, 0.2) is 34.8 Å². The van der Waals surface area contributed by atoms with E-state index in [0.29, 0.717) is 10.6 Å². The molecule has 21 heavy (non-hydrogen) atoms. The molecule has 0 amide bonds. The third-order valence-corrected chi connectivity index (χ3v) is 4.29. The number of dihydropyridines is 1. The second-order valence-electron chi connectivity index (χ2n) is 5.38. The third kappa shape index (κ3) is 2.53. The van der Waals surface area contributed by atoms with Gasteiger partial charge in [0.05, 0.1) is 5.57 Å². The monoisotopic (exact) mass is 299 g/mol. The fourth-order valence-electron chi connectivity index (χ4n) is 2.94. The first-order chi connectivity index (χ1) is 10.1. The van der Waals surface area contributed by atoms with Crippen molar-refractivity contribution in [2.24, 2.45) is 10.9 Å². The molecule has 0 spiro atoms. The van der Waals surface area contributed by atoms with Gasteiger partial charge in [-0.15, -0.1) is 0 Å². The lowest BCUT2D eigenvalue weighted by Gasteiger charge is -2.35. The molecule has 1 saturated heterocycles. The number of aliphatic imine (C=N–C) groups is 1. The quantitative estimate of drug-likeness (QED) is 0.749. The highest BCUT2D eigenvalue weighted by Crippen LogP contribution is 2.35. The van der Waals surface area contributed by atoms with Crippen LogP contribution >= 0.6 is 12.2 Å².